The standard InChI is InChI=1S/C80H54N4/c1-81-73-61-41-53-33-17-18-34-54(53)42-62(61)74(81)70(50-27-11-6-12-28-50)76-64-44-56-36-20-22-38-58(56)46-66(64)78(83(76)3)72(52-31-15-8-16-32-52)80-68-48-60-40-24-23-39-59(60)47-67(68)79(84(80)4)71(51-29-13-7-14-30-51)77-65-45-57-37-21-19-35-55(57)43-63(65)75(82(77)2)69(73)49-25-9-5-10-26-49/h5-48,61-62H,1-4H2/q-2. The predicted molar refractivity (Wildman–Crippen MR) is 348 cm³/mol. The quantitative estimate of drug-likeness (QED) is 0.123. The number of benzene rings is 11. The summed E-state index contributed by atoms with van der Waals surface area (Å²) in [7, 11) is 21.3. The van der Waals surface area contributed by atoms with E-state index < -0.39 is 0 Å². The summed E-state index contributed by atoms with van der Waals surface area (Å²) in [5.41, 5.74) is 16.7. The summed E-state index contributed by atoms with van der Waals surface area (Å²) in [6.07, 6.45) is 5.01. The minimum Gasteiger partial charge on any atom is -0.481 e. The Labute approximate surface area is 487 Å². The summed E-state index contributed by atoms with van der Waals surface area (Å²) in [6, 6.07) is 93.3. The second kappa shape index (κ2) is 18.3. The van der Waals surface area contributed by atoms with Crippen molar-refractivity contribution < 1.29 is 9.15 Å². The van der Waals surface area contributed by atoms with Gasteiger partial charge in [0, 0.05) is 25.9 Å². The number of rotatable bonds is 4. The minimum atomic E-state index is -0.161. The van der Waals surface area contributed by atoms with Gasteiger partial charge in [-0.25, -0.2) is 0 Å². The zero-order chi connectivity index (χ0) is 55.9. The molecule has 4 aliphatic rings. The van der Waals surface area contributed by atoms with Gasteiger partial charge in [-0.2, -0.15) is 0 Å². The van der Waals surface area contributed by atoms with E-state index >= 15 is 0 Å². The van der Waals surface area contributed by atoms with Crippen LogP contribution in [0.15, 0.2) is 260 Å². The lowest BCUT2D eigenvalue weighted by Crippen LogP contribution is -2.36. The monoisotopic (exact) mass is 1070 g/mol. The first-order valence-corrected chi connectivity index (χ1v) is 28.9. The van der Waals surface area contributed by atoms with Gasteiger partial charge in [-0.05, 0) is 98.4 Å². The van der Waals surface area contributed by atoms with Crippen LogP contribution in [-0.2, 0) is 0 Å². The van der Waals surface area contributed by atoms with Crippen molar-refractivity contribution in [2.75, 3.05) is 0 Å². The molecule has 0 saturated carbocycles. The van der Waals surface area contributed by atoms with E-state index in [2.05, 4.69) is 285 Å². The summed E-state index contributed by atoms with van der Waals surface area (Å²) < 4.78 is 9.11. The van der Waals surface area contributed by atoms with Gasteiger partial charge in [-0.3, -0.25) is 0 Å². The molecule has 0 N–H and O–H groups in total. The average Bonchev–Trinajstić information content (AvgIpc) is 1.66. The van der Waals surface area contributed by atoms with Crippen molar-refractivity contribution in [2.45, 2.75) is 0 Å². The molecule has 4 heteroatoms. The van der Waals surface area contributed by atoms with Crippen molar-refractivity contribution >= 4 is 105 Å². The largest absolute Gasteiger partial charge is 0.481 e. The Balaban J connectivity index is 1.22. The molecule has 13 aromatic rings. The number of nitrogens with zero attached hydrogens (tertiary/aromatic N) is 4. The van der Waals surface area contributed by atoms with E-state index in [-0.39, 0.29) is 11.8 Å². The highest BCUT2D eigenvalue weighted by Gasteiger charge is 2.41. The van der Waals surface area contributed by atoms with E-state index in [1.807, 2.05) is 0 Å². The maximum Gasteiger partial charge on any atom is 0.110 e. The van der Waals surface area contributed by atoms with Gasteiger partial charge in [0.25, 0.3) is 0 Å². The van der Waals surface area contributed by atoms with E-state index in [0.717, 1.165) is 154 Å². The van der Waals surface area contributed by atoms with Crippen molar-refractivity contribution in [1.29, 1.82) is 0 Å². The third-order valence-corrected chi connectivity index (χ3v) is 18.3. The molecule has 2 aliphatic heterocycles. The fourth-order valence-corrected chi connectivity index (χ4v) is 14.7. The first-order chi connectivity index (χ1) is 41.4. The topological polar surface area (TPSA) is 15.9 Å². The van der Waals surface area contributed by atoms with Crippen LogP contribution in [0.2, 0.25) is 0 Å². The molecular weight excluding hydrogens is 1020 g/mol. The van der Waals surface area contributed by atoms with Crippen molar-refractivity contribution in [3.05, 3.63) is 355 Å². The lowest BCUT2D eigenvalue weighted by atomic mass is 9.79. The van der Waals surface area contributed by atoms with Crippen molar-refractivity contribution in [1.82, 2.24) is 9.13 Å². The highest BCUT2D eigenvalue weighted by atomic mass is 15.1. The van der Waals surface area contributed by atoms with Crippen LogP contribution in [-0.4, -0.2) is 29.7 Å². The van der Waals surface area contributed by atoms with Gasteiger partial charge in [0.2, 0.25) is 0 Å². The summed E-state index contributed by atoms with van der Waals surface area (Å²) in [5.74, 6) is -0.322. The van der Waals surface area contributed by atoms with Crippen LogP contribution in [0.4, 0.5) is 0 Å². The van der Waals surface area contributed by atoms with E-state index in [1.165, 1.54) is 10.4 Å². The van der Waals surface area contributed by atoms with Crippen LogP contribution in [0.25, 0.3) is 94.0 Å². The summed E-state index contributed by atoms with van der Waals surface area (Å²) in [4.78, 5) is 0. The van der Waals surface area contributed by atoms with Gasteiger partial charge in [0.05, 0.1) is 11.4 Å². The number of aromatic nitrogens is 2. The van der Waals surface area contributed by atoms with Gasteiger partial charge in [0.15, 0.2) is 0 Å². The maximum atomic E-state index is 5.34. The van der Waals surface area contributed by atoms with E-state index in [9.17, 15) is 0 Å². The van der Waals surface area contributed by atoms with Gasteiger partial charge in [-0.15, -0.1) is 14.1 Å². The van der Waals surface area contributed by atoms with Gasteiger partial charge in [0.1, 0.15) is 11.4 Å². The Morgan fingerprint density at radius 2 is 0.690 bits per heavy atom. The minimum absolute atomic E-state index is 0.161. The van der Waals surface area contributed by atoms with Gasteiger partial charge in [-0.1, -0.05) is 311 Å². The molecule has 0 amide bonds. The van der Waals surface area contributed by atoms with Crippen molar-refractivity contribution in [3.8, 4) is 0 Å². The van der Waals surface area contributed by atoms with Crippen LogP contribution < -0.4 is 21.1 Å². The normalized spacial score (nSPS) is 16.5. The number of hydrogen-bond donors (Lipinski definition) is 0. The van der Waals surface area contributed by atoms with Crippen LogP contribution in [0, 0.1) is 40.0 Å². The molecular formula is C80H54N4-2. The molecule has 2 aliphatic carbocycles. The smallest absolute Gasteiger partial charge is 0.110 e. The van der Waals surface area contributed by atoms with E-state index in [4.69, 9.17) is 28.2 Å². The van der Waals surface area contributed by atoms with Crippen LogP contribution in [0.3, 0.4) is 0 Å². The van der Waals surface area contributed by atoms with Crippen molar-refractivity contribution in [3.63, 3.8) is 0 Å². The average molecular weight is 1070 g/mol. The molecule has 2 atom stereocenters. The van der Waals surface area contributed by atoms with Gasteiger partial charge >= 0.3 is 0 Å². The molecule has 11 aromatic carbocycles. The maximum absolute atomic E-state index is 5.34. The lowest BCUT2D eigenvalue weighted by molar-refractivity contribution is -0.403. The molecule has 396 valence electrons. The zero-order valence-corrected chi connectivity index (χ0v) is 46.2. The third kappa shape index (κ3) is 6.89. The molecule has 4 heterocycles. The Morgan fingerprint density at radius 3 is 1.19 bits per heavy atom. The molecule has 84 heavy (non-hydrogen) atoms. The SMILES string of the molecule is [CH2-]n1c2c3cc4ccccc4cc3c1C(c1ccccc1)=C1C3C=c4ccccc4=CC3C(=[N+]1[CH2-])C(c1ccccc1)=c1c3cc4ccccc4cc3c(n1[CH2-])=C(c1ccccc1)C1=[N+]([CH2-])C(=C2c2ccccc2)c2cc3ccccc3cc21. The molecule has 0 spiro atoms. The number of hydrogen-bond acceptors (Lipinski definition) is 0. The molecule has 4 nitrogen and oxygen atoms in total. The van der Waals surface area contributed by atoms with E-state index in [0.29, 0.717) is 0 Å². The fourth-order valence-electron chi connectivity index (χ4n) is 14.7. The highest BCUT2D eigenvalue weighted by molar-refractivity contribution is 6.35. The molecule has 8 bridgehead atoms. The summed E-state index contributed by atoms with van der Waals surface area (Å²) >= 11 is 0. The second-order valence-electron chi connectivity index (χ2n) is 22.8. The fraction of sp³-hybridized carbons (Fsp3) is 0.0250. The van der Waals surface area contributed by atoms with Crippen LogP contribution >= 0.6 is 0 Å². The predicted octanol–water partition coefficient (Wildman–Crippen LogP) is 14.5. The Bertz CT molecular complexity index is 5440. The van der Waals surface area contributed by atoms with Crippen LogP contribution in [0.1, 0.15) is 44.8 Å². The zero-order valence-electron chi connectivity index (χ0n) is 46.2. The lowest BCUT2D eigenvalue weighted by Gasteiger charge is -2.28. The Morgan fingerprint density at radius 1 is 0.321 bits per heavy atom. The van der Waals surface area contributed by atoms with Gasteiger partial charge < -0.3 is 18.3 Å². The summed E-state index contributed by atoms with van der Waals surface area (Å²) in [6.45, 7) is 0. The second-order valence-corrected chi connectivity index (χ2v) is 22.8. The molecule has 17 rings (SSSR count). The first-order valence-electron chi connectivity index (χ1n) is 28.9. The molecule has 0 saturated heterocycles. The first kappa shape index (κ1) is 47.8. The number of allylic oxidation sites excluding steroid dienone is 1. The highest BCUT2D eigenvalue weighted by Crippen LogP contribution is 2.50. The Kier molecular flexibility index (Phi) is 10.4. The van der Waals surface area contributed by atoms with E-state index in [1.54, 1.807) is 0 Å². The third-order valence-electron chi connectivity index (χ3n) is 18.3. The van der Waals surface area contributed by atoms with Crippen LogP contribution in [0.5, 0.6) is 0 Å². The molecule has 0 fully saturated rings. The molecule has 2 unspecified atom stereocenters. The molecule has 2 aromatic heterocycles. The summed E-state index contributed by atoms with van der Waals surface area (Å²) in [5, 5.41) is 15.6. The number of fused-ring (bicyclic) bond motifs is 4. The Hall–Kier alpha value is -10.9. The molecule has 0 radical (unpaired) electrons. The van der Waals surface area contributed by atoms with Crippen molar-refractivity contribution in [2.24, 2.45) is 11.8 Å².